The summed E-state index contributed by atoms with van der Waals surface area (Å²) in [7, 11) is 0. The van der Waals surface area contributed by atoms with Crippen LogP contribution >= 0.6 is 0 Å². The predicted molar refractivity (Wildman–Crippen MR) is 279 cm³/mol. The number of hydrogen-bond acceptors (Lipinski definition) is 6. The highest BCUT2D eigenvalue weighted by molar-refractivity contribution is 5.71. The number of rotatable bonds is 49. The van der Waals surface area contributed by atoms with Crippen molar-refractivity contribution in [3.8, 4) is 0 Å². The Morgan fingerprint density at radius 3 is 0.892 bits per heavy atom. The van der Waals surface area contributed by atoms with Crippen LogP contribution in [0.25, 0.3) is 0 Å². The van der Waals surface area contributed by atoms with E-state index in [9.17, 15) is 14.4 Å². The Morgan fingerprint density at radius 1 is 0.308 bits per heavy atom. The number of allylic oxidation sites excluding steroid dienone is 12. The summed E-state index contributed by atoms with van der Waals surface area (Å²) >= 11 is 0. The van der Waals surface area contributed by atoms with E-state index < -0.39 is 6.10 Å². The van der Waals surface area contributed by atoms with Crippen LogP contribution in [0.3, 0.4) is 0 Å². The summed E-state index contributed by atoms with van der Waals surface area (Å²) in [5.74, 6) is -0.916. The monoisotopic (exact) mass is 907 g/mol. The van der Waals surface area contributed by atoms with Crippen LogP contribution in [0, 0.1) is 0 Å². The summed E-state index contributed by atoms with van der Waals surface area (Å²) in [6.45, 7) is 6.51. The molecule has 0 aliphatic heterocycles. The van der Waals surface area contributed by atoms with Gasteiger partial charge < -0.3 is 14.2 Å². The summed E-state index contributed by atoms with van der Waals surface area (Å²) in [6.07, 6.45) is 67.4. The zero-order valence-electron chi connectivity index (χ0n) is 42.7. The van der Waals surface area contributed by atoms with Crippen LogP contribution in [-0.2, 0) is 28.6 Å². The van der Waals surface area contributed by atoms with Crippen molar-refractivity contribution in [3.63, 3.8) is 0 Å². The average Bonchev–Trinajstić information content (AvgIpc) is 3.30. The molecule has 0 heterocycles. The van der Waals surface area contributed by atoms with Crippen LogP contribution in [0.15, 0.2) is 72.9 Å². The molecule has 0 spiro atoms. The SMILES string of the molecule is CCCC/C=C\C/C=C\CCCCCCCC(=O)OCC(COC(=O)CCCCCCCCCCC/C=C\C/C=C\CCCCC)OC(=O)CCCCCCC/C=C\C/C=C\CCCC. The third-order valence-electron chi connectivity index (χ3n) is 11.7. The van der Waals surface area contributed by atoms with Gasteiger partial charge in [0.05, 0.1) is 0 Å². The van der Waals surface area contributed by atoms with Crippen LogP contribution < -0.4 is 0 Å². The first-order valence-electron chi connectivity index (χ1n) is 27.4. The number of esters is 3. The first-order chi connectivity index (χ1) is 32.0. The summed E-state index contributed by atoms with van der Waals surface area (Å²) in [5.41, 5.74) is 0. The summed E-state index contributed by atoms with van der Waals surface area (Å²) in [6, 6.07) is 0. The number of unbranched alkanes of at least 4 members (excludes halogenated alkanes) is 26. The van der Waals surface area contributed by atoms with Crippen molar-refractivity contribution in [3.05, 3.63) is 72.9 Å². The van der Waals surface area contributed by atoms with Gasteiger partial charge in [-0.3, -0.25) is 14.4 Å². The van der Waals surface area contributed by atoms with Gasteiger partial charge in [-0.25, -0.2) is 0 Å². The zero-order chi connectivity index (χ0) is 47.2. The lowest BCUT2D eigenvalue weighted by molar-refractivity contribution is -0.167. The second kappa shape index (κ2) is 53.5. The molecular weight excluding hydrogens is 805 g/mol. The Hall–Kier alpha value is -3.15. The predicted octanol–water partition coefficient (Wildman–Crippen LogP) is 18.2. The van der Waals surface area contributed by atoms with E-state index in [2.05, 4.69) is 93.7 Å². The molecule has 6 nitrogen and oxygen atoms in total. The topological polar surface area (TPSA) is 78.9 Å². The molecule has 65 heavy (non-hydrogen) atoms. The van der Waals surface area contributed by atoms with Crippen molar-refractivity contribution >= 4 is 17.9 Å². The van der Waals surface area contributed by atoms with E-state index in [1.165, 1.54) is 109 Å². The molecule has 0 aromatic rings. The first-order valence-corrected chi connectivity index (χ1v) is 27.4. The van der Waals surface area contributed by atoms with E-state index in [-0.39, 0.29) is 31.1 Å². The number of ether oxygens (including phenoxy) is 3. The fraction of sp³-hybridized carbons (Fsp3) is 0.746. The maximum atomic E-state index is 12.8. The number of hydrogen-bond donors (Lipinski definition) is 0. The van der Waals surface area contributed by atoms with Gasteiger partial charge in [0.25, 0.3) is 0 Å². The molecule has 0 N–H and O–H groups in total. The second-order valence-corrected chi connectivity index (χ2v) is 18.1. The molecule has 0 aromatic carbocycles. The molecule has 0 rings (SSSR count). The molecule has 0 radical (unpaired) electrons. The van der Waals surface area contributed by atoms with Gasteiger partial charge in [0.2, 0.25) is 0 Å². The number of carbonyl (C=O) groups is 3. The molecule has 374 valence electrons. The smallest absolute Gasteiger partial charge is 0.306 e. The lowest BCUT2D eigenvalue weighted by Gasteiger charge is -2.18. The molecule has 0 aliphatic rings. The molecule has 0 bridgehead atoms. The van der Waals surface area contributed by atoms with E-state index in [0.717, 1.165) is 116 Å². The lowest BCUT2D eigenvalue weighted by Crippen LogP contribution is -2.30. The fourth-order valence-corrected chi connectivity index (χ4v) is 7.45. The Bertz CT molecular complexity index is 1230. The highest BCUT2D eigenvalue weighted by atomic mass is 16.6. The summed E-state index contributed by atoms with van der Waals surface area (Å²) in [4.78, 5) is 38.1. The first kappa shape index (κ1) is 61.9. The van der Waals surface area contributed by atoms with Crippen molar-refractivity contribution in [2.75, 3.05) is 13.2 Å². The zero-order valence-corrected chi connectivity index (χ0v) is 42.7. The highest BCUT2D eigenvalue weighted by Crippen LogP contribution is 2.14. The van der Waals surface area contributed by atoms with E-state index in [1.54, 1.807) is 0 Å². The van der Waals surface area contributed by atoms with Crippen molar-refractivity contribution in [2.24, 2.45) is 0 Å². The van der Waals surface area contributed by atoms with Gasteiger partial charge in [0.15, 0.2) is 6.10 Å². The highest BCUT2D eigenvalue weighted by Gasteiger charge is 2.19. The molecular formula is C59H102O6. The van der Waals surface area contributed by atoms with Gasteiger partial charge >= 0.3 is 17.9 Å². The van der Waals surface area contributed by atoms with E-state index >= 15 is 0 Å². The van der Waals surface area contributed by atoms with Crippen LogP contribution in [0.2, 0.25) is 0 Å². The average molecular weight is 907 g/mol. The summed E-state index contributed by atoms with van der Waals surface area (Å²) < 4.78 is 16.8. The van der Waals surface area contributed by atoms with Gasteiger partial charge in [-0.15, -0.1) is 0 Å². The minimum absolute atomic E-state index is 0.0878. The van der Waals surface area contributed by atoms with Gasteiger partial charge in [-0.1, -0.05) is 216 Å². The normalized spacial score (nSPS) is 12.6. The van der Waals surface area contributed by atoms with Crippen LogP contribution in [0.1, 0.15) is 265 Å². The van der Waals surface area contributed by atoms with Gasteiger partial charge in [0, 0.05) is 19.3 Å². The third kappa shape index (κ3) is 51.7. The molecule has 0 aromatic heterocycles. The largest absolute Gasteiger partial charge is 0.462 e. The number of carbonyl (C=O) groups excluding carboxylic acids is 3. The van der Waals surface area contributed by atoms with Crippen molar-refractivity contribution in [1.82, 2.24) is 0 Å². The van der Waals surface area contributed by atoms with Crippen LogP contribution in [-0.4, -0.2) is 37.2 Å². The van der Waals surface area contributed by atoms with Gasteiger partial charge in [-0.05, 0) is 103 Å². The van der Waals surface area contributed by atoms with Crippen molar-refractivity contribution < 1.29 is 28.6 Å². The maximum Gasteiger partial charge on any atom is 0.306 e. The quantitative estimate of drug-likeness (QED) is 0.0262. The van der Waals surface area contributed by atoms with Gasteiger partial charge in [-0.2, -0.15) is 0 Å². The minimum Gasteiger partial charge on any atom is -0.462 e. The Morgan fingerprint density at radius 2 is 0.569 bits per heavy atom. The molecule has 0 fully saturated rings. The third-order valence-corrected chi connectivity index (χ3v) is 11.7. The lowest BCUT2D eigenvalue weighted by atomic mass is 10.1. The van der Waals surface area contributed by atoms with Crippen LogP contribution in [0.4, 0.5) is 0 Å². The Kier molecular flexibility index (Phi) is 50.9. The Balaban J connectivity index is 4.40. The van der Waals surface area contributed by atoms with Crippen molar-refractivity contribution in [2.45, 2.75) is 271 Å². The summed E-state index contributed by atoms with van der Waals surface area (Å²) in [5, 5.41) is 0. The van der Waals surface area contributed by atoms with E-state index in [1.807, 2.05) is 0 Å². The van der Waals surface area contributed by atoms with Crippen LogP contribution in [0.5, 0.6) is 0 Å². The molecule has 0 aliphatic carbocycles. The van der Waals surface area contributed by atoms with E-state index in [0.29, 0.717) is 19.3 Å². The Labute approximate surface area is 402 Å². The molecule has 6 heteroatoms. The molecule has 1 atom stereocenters. The van der Waals surface area contributed by atoms with Crippen molar-refractivity contribution in [1.29, 1.82) is 0 Å². The maximum absolute atomic E-state index is 12.8. The second-order valence-electron chi connectivity index (χ2n) is 18.1. The standard InChI is InChI=1S/C59H102O6/c1-4-7-10-13-16-19-22-25-28-29-30-31-32-35-37-40-43-46-49-52-58(61)64-55-56(65-59(62)53-50-47-44-41-38-34-27-24-21-18-15-12-9-6-3)54-63-57(60)51-48-45-42-39-36-33-26-23-20-17-14-11-8-5-2/h14-19,23-28,56H,4-13,20-22,29-55H2,1-3H3/b17-14-,18-15-,19-16-,26-23-,27-24-,28-25-. The fourth-order valence-electron chi connectivity index (χ4n) is 7.45. The molecule has 0 amide bonds. The van der Waals surface area contributed by atoms with Gasteiger partial charge in [0.1, 0.15) is 13.2 Å². The minimum atomic E-state index is -0.790. The van der Waals surface area contributed by atoms with E-state index in [4.69, 9.17) is 14.2 Å². The molecule has 0 saturated heterocycles. The molecule has 0 saturated carbocycles. The molecule has 1 unspecified atom stereocenters.